The van der Waals surface area contributed by atoms with Crippen LogP contribution in [0.15, 0.2) is 67.3 Å². The van der Waals surface area contributed by atoms with E-state index in [2.05, 4.69) is 15.3 Å². The minimum atomic E-state index is -0.827. The number of amides is 2. The lowest BCUT2D eigenvalue weighted by Crippen LogP contribution is -2.42. The van der Waals surface area contributed by atoms with Gasteiger partial charge in [0.1, 0.15) is 5.41 Å². The third-order valence-corrected chi connectivity index (χ3v) is 5.97. The number of fused-ring (bicyclic) bond motifs is 2. The van der Waals surface area contributed by atoms with Gasteiger partial charge in [-0.1, -0.05) is 24.3 Å². The minimum Gasteiger partial charge on any atom is -0.330 e. The topological polar surface area (TPSA) is 75.2 Å². The molecule has 0 aliphatic carbocycles. The Hall–Kier alpha value is -3.54. The predicted molar refractivity (Wildman–Crippen MR) is 108 cm³/mol. The molecule has 29 heavy (non-hydrogen) atoms. The number of carbonyl (C=O) groups excluding carboxylic acids is 2. The first-order valence-electron chi connectivity index (χ1n) is 9.65. The summed E-state index contributed by atoms with van der Waals surface area (Å²) in [6, 6.07) is 12.9. The molecule has 2 atom stereocenters. The van der Waals surface area contributed by atoms with Gasteiger partial charge >= 0.3 is 0 Å². The average molecular weight is 384 g/mol. The van der Waals surface area contributed by atoms with Crippen molar-refractivity contribution in [2.45, 2.75) is 24.8 Å². The van der Waals surface area contributed by atoms with Crippen molar-refractivity contribution in [1.82, 2.24) is 14.9 Å². The van der Waals surface area contributed by atoms with Crippen LogP contribution in [0, 0.1) is 6.92 Å². The summed E-state index contributed by atoms with van der Waals surface area (Å²) in [5, 5.41) is 3.03. The van der Waals surface area contributed by atoms with Crippen LogP contribution in [0.2, 0.25) is 0 Å². The third kappa shape index (κ3) is 2.56. The van der Waals surface area contributed by atoms with Crippen LogP contribution in [0.5, 0.6) is 0 Å². The zero-order chi connectivity index (χ0) is 20.0. The van der Waals surface area contributed by atoms with Crippen molar-refractivity contribution in [2.75, 3.05) is 11.9 Å². The van der Waals surface area contributed by atoms with E-state index in [0.29, 0.717) is 18.5 Å². The Bertz CT molecular complexity index is 1110. The summed E-state index contributed by atoms with van der Waals surface area (Å²) in [5.74, 6) is -0.186. The summed E-state index contributed by atoms with van der Waals surface area (Å²) < 4.78 is 0. The normalized spacial score (nSPS) is 22.6. The van der Waals surface area contributed by atoms with Crippen LogP contribution in [-0.4, -0.2) is 33.2 Å². The maximum Gasteiger partial charge on any atom is 0.255 e. The Balaban J connectivity index is 1.67. The summed E-state index contributed by atoms with van der Waals surface area (Å²) in [6.45, 7) is 2.39. The number of para-hydroxylation sites is 1. The van der Waals surface area contributed by atoms with Crippen LogP contribution in [0.1, 0.15) is 39.5 Å². The molecule has 2 amide bonds. The van der Waals surface area contributed by atoms with E-state index in [0.717, 1.165) is 22.4 Å². The lowest BCUT2D eigenvalue weighted by Gasteiger charge is -2.34. The number of nitrogens with zero attached hydrogens (tertiary/aromatic N) is 3. The maximum atomic E-state index is 13.5. The summed E-state index contributed by atoms with van der Waals surface area (Å²) in [5.41, 5.74) is 3.24. The van der Waals surface area contributed by atoms with E-state index < -0.39 is 11.5 Å². The molecule has 2 unspecified atom stereocenters. The minimum absolute atomic E-state index is 0.0646. The second-order valence-electron chi connectivity index (χ2n) is 7.66. The molecular formula is C23H20N4O2. The number of likely N-dealkylation sites (tertiary alicyclic amines) is 1. The molecule has 1 fully saturated rings. The number of benzene rings is 1. The second-order valence-corrected chi connectivity index (χ2v) is 7.66. The lowest BCUT2D eigenvalue weighted by atomic mass is 9.73. The van der Waals surface area contributed by atoms with E-state index >= 15 is 0 Å². The quantitative estimate of drug-likeness (QED) is 0.736. The van der Waals surface area contributed by atoms with E-state index in [-0.39, 0.29) is 11.8 Å². The average Bonchev–Trinajstić information content (AvgIpc) is 3.28. The van der Waals surface area contributed by atoms with Crippen LogP contribution in [-0.2, 0) is 10.2 Å². The number of hydrogen-bond donors (Lipinski definition) is 1. The third-order valence-electron chi connectivity index (χ3n) is 5.97. The van der Waals surface area contributed by atoms with Crippen LogP contribution in [0.25, 0.3) is 0 Å². The van der Waals surface area contributed by atoms with Crippen molar-refractivity contribution in [3.05, 3.63) is 89.5 Å². The van der Waals surface area contributed by atoms with Crippen LogP contribution < -0.4 is 5.32 Å². The zero-order valence-electron chi connectivity index (χ0n) is 16.0. The van der Waals surface area contributed by atoms with Gasteiger partial charge in [0, 0.05) is 37.0 Å². The summed E-state index contributed by atoms with van der Waals surface area (Å²) in [6.07, 6.45) is 7.32. The molecule has 0 bridgehead atoms. The van der Waals surface area contributed by atoms with Gasteiger partial charge in [0.2, 0.25) is 5.91 Å². The van der Waals surface area contributed by atoms with Crippen molar-refractivity contribution in [1.29, 1.82) is 0 Å². The van der Waals surface area contributed by atoms with Gasteiger partial charge in [0.15, 0.2) is 0 Å². The Morgan fingerprint density at radius 1 is 1.14 bits per heavy atom. The fourth-order valence-corrected chi connectivity index (χ4v) is 4.74. The number of aryl methyl sites for hydroxylation is 1. The van der Waals surface area contributed by atoms with Crippen LogP contribution in [0.3, 0.4) is 0 Å². The molecule has 1 saturated heterocycles. The van der Waals surface area contributed by atoms with Gasteiger partial charge in [-0.25, -0.2) is 0 Å². The SMILES string of the molecule is Cc1cncc(C(=O)N2CCC3(C(=O)Nc4ccccc43)C2c2cccnc2)c1. The Morgan fingerprint density at radius 2 is 2.00 bits per heavy atom. The van der Waals surface area contributed by atoms with Gasteiger partial charge < -0.3 is 10.2 Å². The number of carbonyl (C=O) groups is 2. The number of nitrogens with one attached hydrogen (secondary N) is 1. The Morgan fingerprint density at radius 3 is 2.79 bits per heavy atom. The molecule has 4 heterocycles. The first-order chi connectivity index (χ1) is 14.1. The van der Waals surface area contributed by atoms with Crippen molar-refractivity contribution in [3.8, 4) is 0 Å². The first-order valence-corrected chi connectivity index (χ1v) is 9.65. The highest BCUT2D eigenvalue weighted by Crippen LogP contribution is 2.54. The molecule has 2 aromatic heterocycles. The molecule has 0 saturated carbocycles. The number of anilines is 1. The van der Waals surface area contributed by atoms with Gasteiger partial charge in [-0.3, -0.25) is 19.6 Å². The Kier molecular flexibility index (Phi) is 3.94. The van der Waals surface area contributed by atoms with E-state index in [1.807, 2.05) is 49.4 Å². The fraction of sp³-hybridized carbons (Fsp3) is 0.217. The van der Waals surface area contributed by atoms with Crippen molar-refractivity contribution in [3.63, 3.8) is 0 Å². The molecule has 1 aromatic carbocycles. The number of aromatic nitrogens is 2. The van der Waals surface area contributed by atoms with Gasteiger partial charge in [0.05, 0.1) is 11.6 Å². The maximum absolute atomic E-state index is 13.5. The molecule has 0 radical (unpaired) electrons. The van der Waals surface area contributed by atoms with Gasteiger partial charge in [-0.2, -0.15) is 0 Å². The van der Waals surface area contributed by atoms with Crippen molar-refractivity contribution < 1.29 is 9.59 Å². The summed E-state index contributed by atoms with van der Waals surface area (Å²) in [4.78, 5) is 37.0. The highest BCUT2D eigenvalue weighted by Gasteiger charge is 2.59. The Labute approximate surface area is 168 Å². The first kappa shape index (κ1) is 17.6. The molecule has 3 aromatic rings. The monoisotopic (exact) mass is 384 g/mol. The molecule has 6 nitrogen and oxygen atoms in total. The van der Waals surface area contributed by atoms with Crippen molar-refractivity contribution >= 4 is 17.5 Å². The molecule has 1 N–H and O–H groups in total. The van der Waals surface area contributed by atoms with Crippen molar-refractivity contribution in [2.24, 2.45) is 0 Å². The van der Waals surface area contributed by atoms with E-state index in [1.165, 1.54) is 0 Å². The van der Waals surface area contributed by atoms with Crippen LogP contribution >= 0.6 is 0 Å². The molecule has 5 rings (SSSR count). The smallest absolute Gasteiger partial charge is 0.255 e. The molecule has 2 aliphatic heterocycles. The predicted octanol–water partition coefficient (Wildman–Crippen LogP) is 3.26. The molecule has 2 aliphatic rings. The molecule has 1 spiro atoms. The highest BCUT2D eigenvalue weighted by molar-refractivity contribution is 6.08. The van der Waals surface area contributed by atoms with Gasteiger partial charge in [-0.05, 0) is 48.2 Å². The molecule has 6 heteroatoms. The summed E-state index contributed by atoms with van der Waals surface area (Å²) in [7, 11) is 0. The van der Waals surface area contributed by atoms with E-state index in [4.69, 9.17) is 0 Å². The largest absolute Gasteiger partial charge is 0.330 e. The highest BCUT2D eigenvalue weighted by atomic mass is 16.2. The summed E-state index contributed by atoms with van der Waals surface area (Å²) >= 11 is 0. The van der Waals surface area contributed by atoms with Gasteiger partial charge in [0.25, 0.3) is 5.91 Å². The second kappa shape index (κ2) is 6.51. The van der Waals surface area contributed by atoms with E-state index in [1.54, 1.807) is 29.7 Å². The number of hydrogen-bond acceptors (Lipinski definition) is 4. The standard InChI is InChI=1S/C23H20N4O2/c1-15-11-17(14-25-12-15)21(28)27-10-8-23(20(27)16-5-4-9-24-13-16)18-6-2-3-7-19(18)26-22(23)29/h2-7,9,11-14,20H,8,10H2,1H3,(H,26,29). The fourth-order valence-electron chi connectivity index (χ4n) is 4.74. The number of pyridine rings is 2. The lowest BCUT2D eigenvalue weighted by molar-refractivity contribution is -0.121. The molecule has 144 valence electrons. The number of rotatable bonds is 2. The van der Waals surface area contributed by atoms with E-state index in [9.17, 15) is 9.59 Å². The van der Waals surface area contributed by atoms with Crippen LogP contribution in [0.4, 0.5) is 5.69 Å². The zero-order valence-corrected chi connectivity index (χ0v) is 16.0. The molecular weight excluding hydrogens is 364 g/mol. The van der Waals surface area contributed by atoms with Gasteiger partial charge in [-0.15, -0.1) is 0 Å².